The van der Waals surface area contributed by atoms with Crippen LogP contribution >= 0.6 is 22.9 Å². The molecule has 0 aliphatic carbocycles. The number of carbonyl (C=O) groups is 1. The van der Waals surface area contributed by atoms with Gasteiger partial charge in [0.2, 0.25) is 11.7 Å². The highest BCUT2D eigenvalue weighted by atomic mass is 35.5. The molecule has 0 bridgehead atoms. The van der Waals surface area contributed by atoms with Gasteiger partial charge in [0.25, 0.3) is 0 Å². The van der Waals surface area contributed by atoms with Gasteiger partial charge in [0.05, 0.1) is 26.4 Å². The van der Waals surface area contributed by atoms with Crippen LogP contribution in [-0.4, -0.2) is 40.2 Å². The molecule has 11 heteroatoms. The number of hydrogen-bond donors (Lipinski definition) is 2. The molecule has 0 saturated heterocycles. The van der Waals surface area contributed by atoms with E-state index >= 15 is 0 Å². The number of ketones is 1. The van der Waals surface area contributed by atoms with E-state index in [2.05, 4.69) is 4.98 Å². The minimum absolute atomic E-state index is 0.00717. The molecule has 0 saturated carbocycles. The molecule has 5 rings (SSSR count). The van der Waals surface area contributed by atoms with Gasteiger partial charge in [-0.25, -0.2) is 13.4 Å². The van der Waals surface area contributed by atoms with Gasteiger partial charge in [0, 0.05) is 11.3 Å². The predicted octanol–water partition coefficient (Wildman–Crippen LogP) is 5.35. The first-order chi connectivity index (χ1) is 16.5. The second kappa shape index (κ2) is 8.26. The SMILES string of the molecule is Cc1ccc(C(=O)c2c(O)c(O)n(-c3nc4ccc(S(C)(=O)=O)cc4s3)c2-c2ccc(Cl)cc2)o1. The fourth-order valence-electron chi connectivity index (χ4n) is 3.73. The van der Waals surface area contributed by atoms with Crippen molar-refractivity contribution >= 4 is 48.8 Å². The molecule has 0 unspecified atom stereocenters. The standard InChI is InChI=1S/C24H17ClN2O6S2/c1-12-3-10-17(33-12)21(28)19-20(13-4-6-14(25)7-5-13)27(23(30)22(19)29)24-26-16-9-8-15(35(2,31)32)11-18(16)34-24/h3-11,29-30H,1-2H3. The van der Waals surface area contributed by atoms with E-state index in [0.29, 0.717) is 26.6 Å². The van der Waals surface area contributed by atoms with Crippen LogP contribution in [0.15, 0.2) is 63.9 Å². The van der Waals surface area contributed by atoms with Crippen molar-refractivity contribution in [3.63, 3.8) is 0 Å². The number of halogens is 1. The number of fused-ring (bicyclic) bond motifs is 1. The van der Waals surface area contributed by atoms with E-state index in [4.69, 9.17) is 16.0 Å². The number of carbonyl (C=O) groups excluding carboxylic acids is 1. The first-order valence-electron chi connectivity index (χ1n) is 10.2. The number of rotatable bonds is 5. The lowest BCUT2D eigenvalue weighted by atomic mass is 10.0. The third-order valence-electron chi connectivity index (χ3n) is 5.40. The highest BCUT2D eigenvalue weighted by Crippen LogP contribution is 2.45. The van der Waals surface area contributed by atoms with Gasteiger partial charge in [-0.3, -0.25) is 9.36 Å². The summed E-state index contributed by atoms with van der Waals surface area (Å²) >= 11 is 7.15. The van der Waals surface area contributed by atoms with Crippen LogP contribution in [0, 0.1) is 6.92 Å². The maximum atomic E-state index is 13.4. The molecule has 5 aromatic rings. The summed E-state index contributed by atoms with van der Waals surface area (Å²) in [6.07, 6.45) is 1.11. The molecular weight excluding hydrogens is 512 g/mol. The van der Waals surface area contributed by atoms with Crippen molar-refractivity contribution in [3.05, 3.63) is 76.7 Å². The number of aromatic hydroxyl groups is 2. The molecule has 3 aromatic heterocycles. The normalized spacial score (nSPS) is 11.9. The lowest BCUT2D eigenvalue weighted by molar-refractivity contribution is 0.101. The zero-order valence-corrected chi connectivity index (χ0v) is 20.7. The second-order valence-corrected chi connectivity index (χ2v) is 11.3. The van der Waals surface area contributed by atoms with Crippen LogP contribution in [0.5, 0.6) is 11.6 Å². The molecule has 0 radical (unpaired) electrons. The number of aryl methyl sites for hydroxylation is 1. The minimum Gasteiger partial charge on any atom is -0.503 e. The third-order valence-corrected chi connectivity index (χ3v) is 7.76. The summed E-state index contributed by atoms with van der Waals surface area (Å²) in [6, 6.07) is 14.1. The quantitative estimate of drug-likeness (QED) is 0.294. The molecular formula is C24H17ClN2O6S2. The van der Waals surface area contributed by atoms with Crippen molar-refractivity contribution in [2.45, 2.75) is 11.8 Å². The Bertz CT molecular complexity index is 1730. The van der Waals surface area contributed by atoms with Crippen molar-refractivity contribution < 1.29 is 27.8 Å². The van der Waals surface area contributed by atoms with Crippen molar-refractivity contribution in [1.29, 1.82) is 0 Å². The van der Waals surface area contributed by atoms with Gasteiger partial charge >= 0.3 is 0 Å². The van der Waals surface area contributed by atoms with Gasteiger partial charge in [0.15, 0.2) is 26.5 Å². The van der Waals surface area contributed by atoms with Gasteiger partial charge in [-0.2, -0.15) is 0 Å². The fourth-order valence-corrected chi connectivity index (χ4v) is 5.59. The second-order valence-electron chi connectivity index (χ2n) is 7.88. The number of nitrogens with zero attached hydrogens (tertiary/aromatic N) is 2. The number of aromatic nitrogens is 2. The van der Waals surface area contributed by atoms with Crippen molar-refractivity contribution in [3.8, 4) is 28.0 Å². The lowest BCUT2D eigenvalue weighted by Crippen LogP contribution is -2.04. The molecule has 0 aliphatic heterocycles. The highest BCUT2D eigenvalue weighted by Gasteiger charge is 2.32. The molecule has 2 N–H and O–H groups in total. The maximum Gasteiger partial charge on any atom is 0.242 e. The topological polar surface area (TPSA) is 123 Å². The van der Waals surface area contributed by atoms with E-state index in [1.165, 1.54) is 22.8 Å². The van der Waals surface area contributed by atoms with Crippen LogP contribution in [0.3, 0.4) is 0 Å². The van der Waals surface area contributed by atoms with Crippen LogP contribution in [0.4, 0.5) is 0 Å². The Morgan fingerprint density at radius 1 is 1.09 bits per heavy atom. The van der Waals surface area contributed by atoms with Crippen LogP contribution in [0.2, 0.25) is 5.02 Å². The average molecular weight is 529 g/mol. The van der Waals surface area contributed by atoms with Crippen LogP contribution in [-0.2, 0) is 9.84 Å². The largest absolute Gasteiger partial charge is 0.503 e. The van der Waals surface area contributed by atoms with E-state index in [1.54, 1.807) is 43.3 Å². The number of furan rings is 1. The summed E-state index contributed by atoms with van der Waals surface area (Å²) in [6.45, 7) is 1.69. The molecule has 0 fully saturated rings. The summed E-state index contributed by atoms with van der Waals surface area (Å²) in [5, 5.41) is 22.5. The van der Waals surface area contributed by atoms with Gasteiger partial charge in [-0.05, 0) is 55.0 Å². The van der Waals surface area contributed by atoms with Crippen LogP contribution < -0.4 is 0 Å². The fraction of sp³-hybridized carbons (Fsp3) is 0.0833. The Morgan fingerprint density at radius 3 is 2.43 bits per heavy atom. The number of thiazole rings is 1. The van der Waals surface area contributed by atoms with Crippen molar-refractivity contribution in [2.24, 2.45) is 0 Å². The van der Waals surface area contributed by atoms with Crippen molar-refractivity contribution in [1.82, 2.24) is 9.55 Å². The molecule has 8 nitrogen and oxygen atoms in total. The zero-order chi connectivity index (χ0) is 25.1. The summed E-state index contributed by atoms with van der Waals surface area (Å²) in [5.74, 6) is -1.35. The Hall–Kier alpha value is -3.60. The molecule has 3 heterocycles. The lowest BCUT2D eigenvalue weighted by Gasteiger charge is -2.09. The molecule has 0 spiro atoms. The maximum absolute atomic E-state index is 13.4. The number of sulfone groups is 1. The summed E-state index contributed by atoms with van der Waals surface area (Å²) in [4.78, 5) is 18.0. The third kappa shape index (κ3) is 3.99. The Kier molecular flexibility index (Phi) is 5.47. The number of hydrogen-bond acceptors (Lipinski definition) is 8. The summed E-state index contributed by atoms with van der Waals surface area (Å²) in [5.41, 5.74) is 0.975. The molecule has 2 aromatic carbocycles. The van der Waals surface area contributed by atoms with Gasteiger partial charge < -0.3 is 14.6 Å². The highest BCUT2D eigenvalue weighted by molar-refractivity contribution is 7.90. The molecule has 35 heavy (non-hydrogen) atoms. The smallest absolute Gasteiger partial charge is 0.242 e. The van der Waals surface area contributed by atoms with E-state index in [-0.39, 0.29) is 27.0 Å². The van der Waals surface area contributed by atoms with Gasteiger partial charge in [-0.1, -0.05) is 35.1 Å². The van der Waals surface area contributed by atoms with Crippen LogP contribution in [0.25, 0.3) is 26.6 Å². The van der Waals surface area contributed by atoms with E-state index in [9.17, 15) is 23.4 Å². The molecule has 178 valence electrons. The summed E-state index contributed by atoms with van der Waals surface area (Å²) < 4.78 is 31.2. The predicted molar refractivity (Wildman–Crippen MR) is 133 cm³/mol. The summed E-state index contributed by atoms with van der Waals surface area (Å²) in [7, 11) is -3.44. The van der Waals surface area contributed by atoms with E-state index in [1.807, 2.05) is 0 Å². The van der Waals surface area contributed by atoms with E-state index in [0.717, 1.165) is 17.6 Å². The minimum atomic E-state index is -3.44. The van der Waals surface area contributed by atoms with Crippen LogP contribution in [0.1, 0.15) is 21.9 Å². The first-order valence-corrected chi connectivity index (χ1v) is 13.3. The Balaban J connectivity index is 1.79. The first kappa shape index (κ1) is 23.2. The number of benzene rings is 2. The average Bonchev–Trinajstić information content (AvgIpc) is 3.49. The molecule has 0 amide bonds. The van der Waals surface area contributed by atoms with Crippen molar-refractivity contribution in [2.75, 3.05) is 6.26 Å². The zero-order valence-electron chi connectivity index (χ0n) is 18.3. The molecule has 0 atom stereocenters. The Morgan fingerprint density at radius 2 is 1.80 bits per heavy atom. The van der Waals surface area contributed by atoms with E-state index < -0.39 is 27.2 Å². The van der Waals surface area contributed by atoms with Gasteiger partial charge in [0.1, 0.15) is 5.76 Å². The molecule has 0 aliphatic rings. The monoisotopic (exact) mass is 528 g/mol. The Labute approximate surface area is 208 Å². The van der Waals surface area contributed by atoms with Gasteiger partial charge in [-0.15, -0.1) is 0 Å².